The minimum absolute atomic E-state index is 0.0459. The standard InChI is InChI=1S/C14H16F3NO2S/c1-9-2-3-10(8-11(9)14(15,16)17)18-12(19)13(20)4-6-21-7-5-13/h2-3,8,20H,4-7H2,1H3,(H,18,19). The van der Waals surface area contributed by atoms with Crippen LogP contribution in [0.2, 0.25) is 0 Å². The molecule has 1 amide bonds. The fraction of sp³-hybridized carbons (Fsp3) is 0.500. The van der Waals surface area contributed by atoms with Gasteiger partial charge in [-0.25, -0.2) is 0 Å². The quantitative estimate of drug-likeness (QED) is 0.880. The second-order valence-electron chi connectivity index (χ2n) is 5.13. The van der Waals surface area contributed by atoms with Crippen LogP contribution in [0, 0.1) is 6.92 Å². The van der Waals surface area contributed by atoms with Crippen molar-refractivity contribution in [3.8, 4) is 0 Å². The number of benzene rings is 1. The van der Waals surface area contributed by atoms with Crippen molar-refractivity contribution in [2.24, 2.45) is 0 Å². The Morgan fingerprint density at radius 3 is 2.52 bits per heavy atom. The molecule has 2 rings (SSSR count). The van der Waals surface area contributed by atoms with E-state index < -0.39 is 23.2 Å². The van der Waals surface area contributed by atoms with E-state index in [0.717, 1.165) is 6.07 Å². The van der Waals surface area contributed by atoms with Crippen molar-refractivity contribution in [3.63, 3.8) is 0 Å². The lowest BCUT2D eigenvalue weighted by Crippen LogP contribution is -2.45. The van der Waals surface area contributed by atoms with E-state index >= 15 is 0 Å². The first-order valence-corrected chi connectivity index (χ1v) is 7.67. The minimum atomic E-state index is -4.47. The van der Waals surface area contributed by atoms with Gasteiger partial charge in [0.25, 0.3) is 5.91 Å². The zero-order valence-electron chi connectivity index (χ0n) is 11.5. The number of carbonyl (C=O) groups is 1. The van der Waals surface area contributed by atoms with Gasteiger partial charge in [-0.05, 0) is 49.0 Å². The topological polar surface area (TPSA) is 49.3 Å². The number of aliphatic hydroxyl groups is 1. The van der Waals surface area contributed by atoms with E-state index in [1.54, 1.807) is 11.8 Å². The average Bonchev–Trinajstić information content (AvgIpc) is 2.40. The van der Waals surface area contributed by atoms with Crippen LogP contribution in [-0.4, -0.2) is 28.1 Å². The molecule has 1 aromatic rings. The molecule has 1 heterocycles. The van der Waals surface area contributed by atoms with Gasteiger partial charge in [-0.15, -0.1) is 0 Å². The Hall–Kier alpha value is -1.21. The van der Waals surface area contributed by atoms with Crippen LogP contribution >= 0.6 is 11.8 Å². The molecule has 0 aromatic heterocycles. The zero-order valence-corrected chi connectivity index (χ0v) is 12.3. The first-order chi connectivity index (χ1) is 9.72. The minimum Gasteiger partial charge on any atom is -0.380 e. The summed E-state index contributed by atoms with van der Waals surface area (Å²) in [4.78, 5) is 12.1. The Balaban J connectivity index is 2.18. The third kappa shape index (κ3) is 3.71. The maximum atomic E-state index is 12.8. The highest BCUT2D eigenvalue weighted by atomic mass is 32.2. The number of hydrogen-bond donors (Lipinski definition) is 2. The summed E-state index contributed by atoms with van der Waals surface area (Å²) < 4.78 is 38.5. The molecule has 116 valence electrons. The molecule has 0 unspecified atom stereocenters. The summed E-state index contributed by atoms with van der Waals surface area (Å²) in [5.74, 6) is 0.678. The lowest BCUT2D eigenvalue weighted by molar-refractivity contribution is -0.138. The summed E-state index contributed by atoms with van der Waals surface area (Å²) in [6, 6.07) is 3.61. The van der Waals surface area contributed by atoms with Crippen LogP contribution in [0.25, 0.3) is 0 Å². The normalized spacial score (nSPS) is 18.3. The summed E-state index contributed by atoms with van der Waals surface area (Å²) in [5.41, 5.74) is -2.14. The molecule has 1 aromatic carbocycles. The third-order valence-corrected chi connectivity index (χ3v) is 4.53. The van der Waals surface area contributed by atoms with Crippen LogP contribution in [0.1, 0.15) is 24.0 Å². The Kier molecular flexibility index (Phi) is 4.53. The van der Waals surface area contributed by atoms with Crippen molar-refractivity contribution in [3.05, 3.63) is 29.3 Å². The van der Waals surface area contributed by atoms with Crippen LogP contribution in [0.15, 0.2) is 18.2 Å². The lowest BCUT2D eigenvalue weighted by Gasteiger charge is -2.30. The first kappa shape index (κ1) is 16.2. The molecule has 0 saturated carbocycles. The predicted octanol–water partition coefficient (Wildman–Crippen LogP) is 3.21. The number of amides is 1. The van der Waals surface area contributed by atoms with Gasteiger partial charge >= 0.3 is 6.18 Å². The Labute approximate surface area is 124 Å². The molecule has 0 radical (unpaired) electrons. The van der Waals surface area contributed by atoms with Crippen molar-refractivity contribution in [1.82, 2.24) is 0 Å². The number of rotatable bonds is 2. The number of anilines is 1. The second kappa shape index (κ2) is 5.88. The maximum absolute atomic E-state index is 12.8. The van der Waals surface area contributed by atoms with Gasteiger partial charge in [0.05, 0.1) is 5.56 Å². The molecule has 0 spiro atoms. The summed E-state index contributed by atoms with van der Waals surface area (Å²) >= 11 is 1.64. The molecule has 7 heteroatoms. The third-order valence-electron chi connectivity index (χ3n) is 3.54. The number of nitrogens with one attached hydrogen (secondary N) is 1. The van der Waals surface area contributed by atoms with Crippen molar-refractivity contribution in [2.75, 3.05) is 16.8 Å². The highest BCUT2D eigenvalue weighted by Crippen LogP contribution is 2.34. The zero-order chi connectivity index (χ0) is 15.7. The van der Waals surface area contributed by atoms with Crippen molar-refractivity contribution >= 4 is 23.4 Å². The highest BCUT2D eigenvalue weighted by molar-refractivity contribution is 7.99. The molecule has 3 nitrogen and oxygen atoms in total. The van der Waals surface area contributed by atoms with E-state index in [2.05, 4.69) is 5.32 Å². The maximum Gasteiger partial charge on any atom is 0.416 e. The van der Waals surface area contributed by atoms with E-state index in [-0.39, 0.29) is 11.3 Å². The number of hydrogen-bond acceptors (Lipinski definition) is 3. The number of alkyl halides is 3. The van der Waals surface area contributed by atoms with Gasteiger partial charge in [0.1, 0.15) is 5.60 Å². The average molecular weight is 319 g/mol. The van der Waals surface area contributed by atoms with Gasteiger partial charge in [-0.2, -0.15) is 24.9 Å². The van der Waals surface area contributed by atoms with Crippen molar-refractivity contribution in [1.29, 1.82) is 0 Å². The van der Waals surface area contributed by atoms with Gasteiger partial charge in [0.2, 0.25) is 0 Å². The number of halogens is 3. The Bertz CT molecular complexity index is 540. The molecule has 1 fully saturated rings. The molecule has 21 heavy (non-hydrogen) atoms. The largest absolute Gasteiger partial charge is 0.416 e. The van der Waals surface area contributed by atoms with Gasteiger partial charge in [-0.1, -0.05) is 6.07 Å². The van der Waals surface area contributed by atoms with Gasteiger partial charge in [0.15, 0.2) is 0 Å². The van der Waals surface area contributed by atoms with Gasteiger partial charge < -0.3 is 10.4 Å². The van der Waals surface area contributed by atoms with Gasteiger partial charge in [-0.3, -0.25) is 4.79 Å². The Morgan fingerprint density at radius 1 is 1.33 bits per heavy atom. The molecule has 1 aliphatic rings. The van der Waals surface area contributed by atoms with E-state index in [0.29, 0.717) is 24.3 Å². The van der Waals surface area contributed by atoms with Crippen LogP contribution in [-0.2, 0) is 11.0 Å². The molecule has 1 aliphatic heterocycles. The molecule has 0 bridgehead atoms. The molecular weight excluding hydrogens is 303 g/mol. The Morgan fingerprint density at radius 2 is 1.95 bits per heavy atom. The number of aryl methyl sites for hydroxylation is 1. The molecule has 1 saturated heterocycles. The molecule has 0 atom stereocenters. The van der Waals surface area contributed by atoms with Crippen LogP contribution < -0.4 is 5.32 Å². The van der Waals surface area contributed by atoms with Gasteiger partial charge in [0, 0.05) is 5.69 Å². The first-order valence-electron chi connectivity index (χ1n) is 6.52. The van der Waals surface area contributed by atoms with E-state index in [1.807, 2.05) is 0 Å². The molecule has 0 aliphatic carbocycles. The van der Waals surface area contributed by atoms with Crippen LogP contribution in [0.5, 0.6) is 0 Å². The summed E-state index contributed by atoms with van der Waals surface area (Å²) in [6.07, 6.45) is -3.85. The predicted molar refractivity (Wildman–Crippen MR) is 76.3 cm³/mol. The fourth-order valence-corrected chi connectivity index (χ4v) is 3.36. The fourth-order valence-electron chi connectivity index (χ4n) is 2.19. The van der Waals surface area contributed by atoms with Crippen LogP contribution in [0.4, 0.5) is 18.9 Å². The summed E-state index contributed by atoms with van der Waals surface area (Å²) in [5, 5.41) is 12.6. The van der Waals surface area contributed by atoms with E-state index in [1.165, 1.54) is 19.1 Å². The van der Waals surface area contributed by atoms with E-state index in [4.69, 9.17) is 0 Å². The van der Waals surface area contributed by atoms with Crippen LogP contribution in [0.3, 0.4) is 0 Å². The molecular formula is C14H16F3NO2S. The number of thioether (sulfide) groups is 1. The lowest BCUT2D eigenvalue weighted by atomic mass is 9.95. The number of carbonyl (C=O) groups excluding carboxylic acids is 1. The van der Waals surface area contributed by atoms with E-state index in [9.17, 15) is 23.1 Å². The smallest absolute Gasteiger partial charge is 0.380 e. The van der Waals surface area contributed by atoms with Crippen molar-refractivity contribution in [2.45, 2.75) is 31.5 Å². The SMILES string of the molecule is Cc1ccc(NC(=O)C2(O)CCSCC2)cc1C(F)(F)F. The van der Waals surface area contributed by atoms with Crippen molar-refractivity contribution < 1.29 is 23.1 Å². The second-order valence-corrected chi connectivity index (χ2v) is 6.35. The monoisotopic (exact) mass is 319 g/mol. The summed E-state index contributed by atoms with van der Waals surface area (Å²) in [6.45, 7) is 1.36. The highest BCUT2D eigenvalue weighted by Gasteiger charge is 2.38. The molecule has 2 N–H and O–H groups in total. The summed E-state index contributed by atoms with van der Waals surface area (Å²) in [7, 11) is 0.